The highest BCUT2D eigenvalue weighted by Crippen LogP contribution is 2.29. The molecule has 0 bridgehead atoms. The Kier molecular flexibility index (Phi) is 6.60. The van der Waals surface area contributed by atoms with Gasteiger partial charge in [-0.05, 0) is 42.2 Å². The summed E-state index contributed by atoms with van der Waals surface area (Å²) >= 11 is 7.46. The van der Waals surface area contributed by atoms with Gasteiger partial charge in [0, 0.05) is 27.0 Å². The van der Waals surface area contributed by atoms with Gasteiger partial charge in [0.15, 0.2) is 9.84 Å². The molecule has 0 atom stereocenters. The van der Waals surface area contributed by atoms with Crippen LogP contribution in [-0.2, 0) is 26.9 Å². The Morgan fingerprint density at radius 1 is 1.00 bits per heavy atom. The zero-order valence-electron chi connectivity index (χ0n) is 17.3. The van der Waals surface area contributed by atoms with Crippen molar-refractivity contribution in [1.29, 1.82) is 0 Å². The van der Waals surface area contributed by atoms with E-state index in [4.69, 9.17) is 11.6 Å². The summed E-state index contributed by atoms with van der Waals surface area (Å²) in [5, 5.41) is 4.07. The lowest BCUT2D eigenvalue weighted by molar-refractivity contribution is -0.116. The van der Waals surface area contributed by atoms with Crippen molar-refractivity contribution in [3.05, 3.63) is 89.6 Å². The molecule has 0 radical (unpaired) electrons. The number of hydrogen-bond donors (Lipinski definition) is 1. The summed E-state index contributed by atoms with van der Waals surface area (Å²) in [6.45, 7) is -0.000304. The van der Waals surface area contributed by atoms with Gasteiger partial charge < -0.3 is 9.88 Å². The van der Waals surface area contributed by atoms with Crippen molar-refractivity contribution in [2.45, 2.75) is 22.1 Å². The summed E-state index contributed by atoms with van der Waals surface area (Å²) in [4.78, 5) is 13.9. The van der Waals surface area contributed by atoms with Gasteiger partial charge in [0.25, 0.3) is 0 Å². The van der Waals surface area contributed by atoms with Gasteiger partial charge in [-0.25, -0.2) is 8.42 Å². The van der Waals surface area contributed by atoms with Gasteiger partial charge in [-0.1, -0.05) is 54.1 Å². The third kappa shape index (κ3) is 4.85. The van der Waals surface area contributed by atoms with Crippen LogP contribution < -0.4 is 5.32 Å². The molecule has 0 aliphatic heterocycles. The van der Waals surface area contributed by atoms with Crippen LogP contribution in [0.3, 0.4) is 0 Å². The molecule has 1 amide bonds. The van der Waals surface area contributed by atoms with Gasteiger partial charge in [-0.15, -0.1) is 11.8 Å². The molecule has 8 heteroatoms. The van der Waals surface area contributed by atoms with Gasteiger partial charge in [0.05, 0.1) is 16.3 Å². The topological polar surface area (TPSA) is 68.2 Å². The van der Waals surface area contributed by atoms with Gasteiger partial charge in [0.2, 0.25) is 5.91 Å². The minimum absolute atomic E-state index is 0.000304. The van der Waals surface area contributed by atoms with E-state index in [0.29, 0.717) is 21.5 Å². The number of benzene rings is 3. The summed E-state index contributed by atoms with van der Waals surface area (Å²) in [5.41, 5.74) is 2.07. The monoisotopic (exact) mass is 484 g/mol. The quantitative estimate of drug-likeness (QED) is 0.345. The fraction of sp³-hybridized carbons (Fsp3) is 0.125. The summed E-state index contributed by atoms with van der Waals surface area (Å²) in [6.07, 6.45) is 3.50. The maximum atomic E-state index is 13.2. The van der Waals surface area contributed by atoms with Gasteiger partial charge >= 0.3 is 0 Å². The number of carbonyl (C=O) groups is 1. The van der Waals surface area contributed by atoms with E-state index in [9.17, 15) is 13.2 Å². The van der Waals surface area contributed by atoms with E-state index in [1.54, 1.807) is 58.9 Å². The van der Waals surface area contributed by atoms with Crippen LogP contribution in [-0.4, -0.2) is 25.1 Å². The van der Waals surface area contributed by atoms with Crippen LogP contribution in [0.15, 0.2) is 88.8 Å². The average molecular weight is 485 g/mol. The van der Waals surface area contributed by atoms with Crippen molar-refractivity contribution in [2.75, 3.05) is 11.6 Å². The Hall–Kier alpha value is -2.74. The third-order valence-corrected chi connectivity index (χ3v) is 7.81. The number of halogens is 1. The Bertz CT molecular complexity index is 1380. The fourth-order valence-electron chi connectivity index (χ4n) is 3.56. The minimum atomic E-state index is -3.64. The van der Waals surface area contributed by atoms with Gasteiger partial charge in [-0.2, -0.15) is 0 Å². The molecule has 1 heterocycles. The molecule has 0 unspecified atom stereocenters. The molecule has 4 aromatic rings. The molecular formula is C24H21ClN2O3S2. The lowest BCUT2D eigenvalue weighted by atomic mass is 10.2. The number of para-hydroxylation sites is 2. The van der Waals surface area contributed by atoms with E-state index in [2.05, 4.69) is 5.32 Å². The Morgan fingerprint density at radius 2 is 1.69 bits per heavy atom. The Labute approximate surface area is 196 Å². The first-order valence-electron chi connectivity index (χ1n) is 9.85. The molecule has 0 aliphatic rings. The molecule has 3 aromatic carbocycles. The van der Waals surface area contributed by atoms with E-state index >= 15 is 0 Å². The first kappa shape index (κ1) is 22.5. The van der Waals surface area contributed by atoms with Gasteiger partial charge in [0.1, 0.15) is 6.54 Å². The van der Waals surface area contributed by atoms with Crippen molar-refractivity contribution in [3.8, 4) is 0 Å². The molecule has 1 aromatic heterocycles. The smallest absolute Gasteiger partial charge is 0.244 e. The van der Waals surface area contributed by atoms with Crippen molar-refractivity contribution in [1.82, 2.24) is 4.57 Å². The fourth-order valence-corrected chi connectivity index (χ4v) is 5.82. The maximum Gasteiger partial charge on any atom is 0.244 e. The van der Waals surface area contributed by atoms with Crippen molar-refractivity contribution < 1.29 is 13.2 Å². The summed E-state index contributed by atoms with van der Waals surface area (Å²) in [7, 11) is -3.64. The molecule has 164 valence electrons. The average Bonchev–Trinajstić information content (AvgIpc) is 3.15. The Morgan fingerprint density at radius 3 is 2.44 bits per heavy atom. The van der Waals surface area contributed by atoms with E-state index in [0.717, 1.165) is 10.6 Å². The highest BCUT2D eigenvalue weighted by atomic mass is 35.5. The second-order valence-corrected chi connectivity index (χ2v) is 10.5. The molecule has 5 nitrogen and oxygen atoms in total. The van der Waals surface area contributed by atoms with E-state index < -0.39 is 9.84 Å². The largest absolute Gasteiger partial charge is 0.337 e. The first-order valence-corrected chi connectivity index (χ1v) is 13.1. The molecular weight excluding hydrogens is 464 g/mol. The maximum absolute atomic E-state index is 13.2. The Balaban J connectivity index is 1.64. The summed E-state index contributed by atoms with van der Waals surface area (Å²) in [5.74, 6) is -0.375. The van der Waals surface area contributed by atoms with Crippen LogP contribution in [0, 0.1) is 0 Å². The van der Waals surface area contributed by atoms with Crippen LogP contribution in [0.5, 0.6) is 0 Å². The molecule has 0 spiro atoms. The number of fused-ring (bicyclic) bond motifs is 1. The van der Waals surface area contributed by atoms with Crippen LogP contribution in [0.1, 0.15) is 5.56 Å². The van der Waals surface area contributed by atoms with E-state index in [1.165, 1.54) is 0 Å². The first-order chi connectivity index (χ1) is 15.4. The predicted molar refractivity (Wildman–Crippen MR) is 131 cm³/mol. The lowest BCUT2D eigenvalue weighted by Crippen LogP contribution is -2.18. The molecule has 1 N–H and O–H groups in total. The molecule has 32 heavy (non-hydrogen) atoms. The number of nitrogens with zero attached hydrogens (tertiary/aromatic N) is 1. The van der Waals surface area contributed by atoms with Crippen LogP contribution in [0.4, 0.5) is 5.69 Å². The van der Waals surface area contributed by atoms with Crippen molar-refractivity contribution in [2.24, 2.45) is 0 Å². The van der Waals surface area contributed by atoms with Crippen molar-refractivity contribution >= 4 is 55.7 Å². The second kappa shape index (κ2) is 9.40. The molecule has 0 saturated carbocycles. The normalized spacial score (nSPS) is 11.6. The standard InChI is InChI=1S/C24H21ClN2O3S2/c1-31-22-9-5-3-7-20(22)26-24(28)15-27-14-23(19-6-2-4-8-21(19)27)32(29,30)16-17-10-12-18(25)13-11-17/h2-14H,15-16H2,1H3,(H,26,28). The number of aromatic nitrogens is 1. The summed E-state index contributed by atoms with van der Waals surface area (Å²) in [6, 6.07) is 21.5. The second-order valence-electron chi connectivity index (χ2n) is 7.27. The van der Waals surface area contributed by atoms with Crippen LogP contribution in [0.2, 0.25) is 5.02 Å². The predicted octanol–water partition coefficient (Wildman–Crippen LogP) is 5.63. The van der Waals surface area contributed by atoms with Crippen LogP contribution in [0.25, 0.3) is 10.9 Å². The minimum Gasteiger partial charge on any atom is -0.337 e. The summed E-state index contributed by atoms with van der Waals surface area (Å²) < 4.78 is 28.1. The number of thioether (sulfide) groups is 1. The number of rotatable bonds is 7. The molecule has 0 fully saturated rings. The number of hydrogen-bond acceptors (Lipinski definition) is 4. The SMILES string of the molecule is CSc1ccccc1NC(=O)Cn1cc(S(=O)(=O)Cc2ccc(Cl)cc2)c2ccccc21. The number of anilines is 1. The highest BCUT2D eigenvalue weighted by Gasteiger charge is 2.22. The van der Waals surface area contributed by atoms with Crippen LogP contribution >= 0.6 is 23.4 Å². The van der Waals surface area contributed by atoms with E-state index in [1.807, 2.05) is 42.7 Å². The molecule has 0 aliphatic carbocycles. The third-order valence-electron chi connectivity index (χ3n) is 5.05. The number of sulfone groups is 1. The molecule has 0 saturated heterocycles. The lowest BCUT2D eigenvalue weighted by Gasteiger charge is -2.10. The zero-order valence-corrected chi connectivity index (χ0v) is 19.7. The number of nitrogens with one attached hydrogen (secondary N) is 1. The number of amides is 1. The van der Waals surface area contributed by atoms with Gasteiger partial charge in [-0.3, -0.25) is 4.79 Å². The highest BCUT2D eigenvalue weighted by molar-refractivity contribution is 7.98. The number of carbonyl (C=O) groups excluding carboxylic acids is 1. The zero-order chi connectivity index (χ0) is 22.7. The molecule has 4 rings (SSSR count). The van der Waals surface area contributed by atoms with Crippen molar-refractivity contribution in [3.63, 3.8) is 0 Å². The van der Waals surface area contributed by atoms with E-state index in [-0.39, 0.29) is 23.1 Å².